The highest BCUT2D eigenvalue weighted by molar-refractivity contribution is 9.10. The fourth-order valence-corrected chi connectivity index (χ4v) is 3.55. The number of hydrogen-bond donors (Lipinski definition) is 0. The van der Waals surface area contributed by atoms with Gasteiger partial charge in [0.1, 0.15) is 0 Å². The van der Waals surface area contributed by atoms with Crippen LogP contribution in [0.4, 0.5) is 13.2 Å². The second kappa shape index (κ2) is 5.25. The smallest absolute Gasteiger partial charge is 0.293 e. The normalized spacial score (nSPS) is 15.2. The van der Waals surface area contributed by atoms with E-state index in [0.717, 1.165) is 30.2 Å². The van der Waals surface area contributed by atoms with E-state index in [2.05, 4.69) is 15.9 Å². The molecule has 2 aromatic rings. The van der Waals surface area contributed by atoms with Crippen molar-refractivity contribution in [3.05, 3.63) is 45.2 Å². The Morgan fingerprint density at radius 3 is 2.52 bits per heavy atom. The van der Waals surface area contributed by atoms with Gasteiger partial charge in [-0.2, -0.15) is 13.2 Å². The quantitative estimate of drug-likeness (QED) is 0.621. The number of Topliss-reactive ketones (excluding diaryl/α,β-unsaturated/α-hetero) is 1. The summed E-state index contributed by atoms with van der Waals surface area (Å²) in [7, 11) is 0. The summed E-state index contributed by atoms with van der Waals surface area (Å²) >= 11 is 4.20. The number of thiophene rings is 1. The third kappa shape index (κ3) is 3.06. The van der Waals surface area contributed by atoms with Crippen molar-refractivity contribution in [3.63, 3.8) is 0 Å². The van der Waals surface area contributed by atoms with Crippen LogP contribution in [0, 0.1) is 5.92 Å². The molecule has 0 spiro atoms. The van der Waals surface area contributed by atoms with Gasteiger partial charge in [-0.3, -0.25) is 4.79 Å². The third-order valence-corrected chi connectivity index (χ3v) is 4.98. The molecule has 1 aromatic carbocycles. The van der Waals surface area contributed by atoms with E-state index in [-0.39, 0.29) is 17.3 Å². The number of hydrogen-bond acceptors (Lipinski definition) is 2. The lowest BCUT2D eigenvalue weighted by atomic mass is 10.1. The van der Waals surface area contributed by atoms with Gasteiger partial charge in [0, 0.05) is 20.8 Å². The molecule has 1 fully saturated rings. The van der Waals surface area contributed by atoms with Gasteiger partial charge in [0.05, 0.1) is 10.4 Å². The lowest BCUT2D eigenvalue weighted by molar-refractivity contribution is -0.137. The van der Waals surface area contributed by atoms with Crippen molar-refractivity contribution < 1.29 is 18.0 Å². The number of alkyl halides is 3. The fraction of sp³-hybridized carbons (Fsp3) is 0.267. The Morgan fingerprint density at radius 1 is 1.19 bits per heavy atom. The zero-order valence-corrected chi connectivity index (χ0v) is 13.1. The largest absolute Gasteiger partial charge is 0.417 e. The molecule has 1 saturated carbocycles. The second-order valence-electron chi connectivity index (χ2n) is 4.99. The monoisotopic (exact) mass is 374 g/mol. The molecule has 6 heteroatoms. The molecule has 110 valence electrons. The van der Waals surface area contributed by atoms with Gasteiger partial charge in [0.25, 0.3) is 0 Å². The maximum atomic E-state index is 13.1. The standard InChI is InChI=1S/C15H10BrF3OS/c16-9-3-4-10(11(7-9)15(17,18)19)12-5-6-13(21-12)14(20)8-1-2-8/h3-8H,1-2H2. The van der Waals surface area contributed by atoms with Gasteiger partial charge in [0.2, 0.25) is 0 Å². The second-order valence-corrected chi connectivity index (χ2v) is 6.99. The fourth-order valence-electron chi connectivity index (χ4n) is 2.13. The summed E-state index contributed by atoms with van der Waals surface area (Å²) in [6.07, 6.45) is -2.65. The van der Waals surface area contributed by atoms with Crippen molar-refractivity contribution in [3.8, 4) is 10.4 Å². The zero-order chi connectivity index (χ0) is 15.2. The molecule has 1 heterocycles. The summed E-state index contributed by atoms with van der Waals surface area (Å²) in [5, 5.41) is 0. The number of rotatable bonds is 3. The number of benzene rings is 1. The Hall–Kier alpha value is -1.14. The Labute approximate surface area is 131 Å². The topological polar surface area (TPSA) is 17.1 Å². The molecule has 0 amide bonds. The minimum absolute atomic E-state index is 0.0527. The molecule has 21 heavy (non-hydrogen) atoms. The van der Waals surface area contributed by atoms with Gasteiger partial charge in [0.15, 0.2) is 5.78 Å². The third-order valence-electron chi connectivity index (χ3n) is 3.35. The van der Waals surface area contributed by atoms with Gasteiger partial charge >= 0.3 is 6.18 Å². The molecule has 1 aliphatic rings. The van der Waals surface area contributed by atoms with Crippen LogP contribution < -0.4 is 0 Å². The molecule has 0 N–H and O–H groups in total. The van der Waals surface area contributed by atoms with Gasteiger partial charge in [-0.1, -0.05) is 22.0 Å². The van der Waals surface area contributed by atoms with Crippen LogP contribution in [0.2, 0.25) is 0 Å². The predicted octanol–water partition coefficient (Wildman–Crippen LogP) is 5.79. The van der Waals surface area contributed by atoms with Crippen LogP contribution in [0.15, 0.2) is 34.8 Å². The molecule has 0 bridgehead atoms. The van der Waals surface area contributed by atoms with Crippen LogP contribution in [0.3, 0.4) is 0 Å². The summed E-state index contributed by atoms with van der Waals surface area (Å²) in [5.74, 6) is 0.125. The molecule has 1 nitrogen and oxygen atoms in total. The number of halogens is 4. The molecule has 0 saturated heterocycles. The summed E-state index contributed by atoms with van der Waals surface area (Å²) < 4.78 is 39.8. The first-order valence-electron chi connectivity index (χ1n) is 6.37. The van der Waals surface area contributed by atoms with Crippen molar-refractivity contribution in [2.24, 2.45) is 5.92 Å². The molecule has 1 aromatic heterocycles. The average molecular weight is 375 g/mol. The zero-order valence-electron chi connectivity index (χ0n) is 10.7. The summed E-state index contributed by atoms with van der Waals surface area (Å²) in [6, 6.07) is 7.30. The van der Waals surface area contributed by atoms with E-state index in [1.807, 2.05) is 0 Å². The first-order chi connectivity index (χ1) is 9.86. The molecule has 3 rings (SSSR count). The van der Waals surface area contributed by atoms with Crippen LogP contribution in [0.1, 0.15) is 28.1 Å². The lowest BCUT2D eigenvalue weighted by Gasteiger charge is -2.12. The Kier molecular flexibility index (Phi) is 3.69. The Bertz CT molecular complexity index is 701. The molecular weight excluding hydrogens is 365 g/mol. The van der Waals surface area contributed by atoms with Crippen molar-refractivity contribution >= 4 is 33.0 Å². The predicted molar refractivity (Wildman–Crippen MR) is 79.5 cm³/mol. The summed E-state index contributed by atoms with van der Waals surface area (Å²) in [5.41, 5.74) is -0.574. The number of ketones is 1. The minimum atomic E-state index is -4.43. The average Bonchev–Trinajstić information content (AvgIpc) is 3.15. The highest BCUT2D eigenvalue weighted by Crippen LogP contribution is 2.42. The maximum Gasteiger partial charge on any atom is 0.417 e. The van der Waals surface area contributed by atoms with E-state index in [9.17, 15) is 18.0 Å². The van der Waals surface area contributed by atoms with Gasteiger partial charge < -0.3 is 0 Å². The maximum absolute atomic E-state index is 13.1. The molecule has 0 radical (unpaired) electrons. The minimum Gasteiger partial charge on any atom is -0.293 e. The Morgan fingerprint density at radius 2 is 1.90 bits per heavy atom. The van der Waals surface area contributed by atoms with Crippen molar-refractivity contribution in [1.82, 2.24) is 0 Å². The van der Waals surface area contributed by atoms with Crippen LogP contribution in [-0.2, 0) is 6.18 Å². The van der Waals surface area contributed by atoms with Crippen molar-refractivity contribution in [2.45, 2.75) is 19.0 Å². The van der Waals surface area contributed by atoms with Gasteiger partial charge in [-0.25, -0.2) is 0 Å². The first-order valence-corrected chi connectivity index (χ1v) is 7.98. The lowest BCUT2D eigenvalue weighted by Crippen LogP contribution is -2.06. The van der Waals surface area contributed by atoms with Crippen molar-refractivity contribution in [2.75, 3.05) is 0 Å². The van der Waals surface area contributed by atoms with Gasteiger partial charge in [-0.05, 0) is 37.1 Å². The van der Waals surface area contributed by atoms with E-state index in [4.69, 9.17) is 0 Å². The van der Waals surface area contributed by atoms with Crippen LogP contribution in [-0.4, -0.2) is 5.78 Å². The van der Waals surface area contributed by atoms with E-state index >= 15 is 0 Å². The van der Waals surface area contributed by atoms with E-state index < -0.39 is 11.7 Å². The first kappa shape index (κ1) is 14.8. The van der Waals surface area contributed by atoms with Crippen LogP contribution in [0.25, 0.3) is 10.4 Å². The Balaban J connectivity index is 2.02. The molecule has 1 aliphatic carbocycles. The van der Waals surface area contributed by atoms with E-state index in [1.165, 1.54) is 6.07 Å². The summed E-state index contributed by atoms with van der Waals surface area (Å²) in [6.45, 7) is 0. The molecule has 0 atom stereocenters. The van der Waals surface area contributed by atoms with Crippen molar-refractivity contribution in [1.29, 1.82) is 0 Å². The number of carbonyl (C=O) groups excluding carboxylic acids is 1. The van der Waals surface area contributed by atoms with Gasteiger partial charge in [-0.15, -0.1) is 11.3 Å². The number of carbonyl (C=O) groups is 1. The molecular formula is C15H10BrF3OS. The molecule has 0 aliphatic heterocycles. The van der Waals surface area contributed by atoms with Crippen LogP contribution in [0.5, 0.6) is 0 Å². The molecule has 0 unspecified atom stereocenters. The van der Waals surface area contributed by atoms with Crippen LogP contribution >= 0.6 is 27.3 Å². The van der Waals surface area contributed by atoms with E-state index in [0.29, 0.717) is 14.2 Å². The highest BCUT2D eigenvalue weighted by Gasteiger charge is 2.35. The van der Waals surface area contributed by atoms with E-state index in [1.54, 1.807) is 18.2 Å². The SMILES string of the molecule is O=C(c1ccc(-c2ccc(Br)cc2C(F)(F)F)s1)C1CC1. The summed E-state index contributed by atoms with van der Waals surface area (Å²) in [4.78, 5) is 13.0. The highest BCUT2D eigenvalue weighted by atomic mass is 79.9.